The van der Waals surface area contributed by atoms with Crippen LogP contribution in [0.1, 0.15) is 20.3 Å². The molecule has 1 aliphatic heterocycles. The van der Waals surface area contributed by atoms with E-state index in [4.69, 9.17) is 0 Å². The molecule has 1 heterocycles. The van der Waals surface area contributed by atoms with Crippen molar-refractivity contribution < 1.29 is 0 Å². The molecule has 1 unspecified atom stereocenters. The number of para-hydroxylation sites is 1. The summed E-state index contributed by atoms with van der Waals surface area (Å²) in [6.07, 6.45) is 1.25. The molecular formula is C14H22N2. The second-order valence-electron chi connectivity index (χ2n) is 4.47. The second-order valence-corrected chi connectivity index (χ2v) is 4.47. The van der Waals surface area contributed by atoms with E-state index in [2.05, 4.69) is 54.0 Å². The molecule has 88 valence electrons. The van der Waals surface area contributed by atoms with Gasteiger partial charge in [-0.1, -0.05) is 32.0 Å². The fourth-order valence-corrected chi connectivity index (χ4v) is 2.57. The average Bonchev–Trinajstić information content (AvgIpc) is 2.39. The third-order valence-corrected chi connectivity index (χ3v) is 3.60. The maximum atomic E-state index is 2.60. The monoisotopic (exact) mass is 218 g/mol. The third-order valence-electron chi connectivity index (χ3n) is 3.60. The predicted molar refractivity (Wildman–Crippen MR) is 70.0 cm³/mol. The van der Waals surface area contributed by atoms with E-state index >= 15 is 0 Å². The van der Waals surface area contributed by atoms with Crippen LogP contribution in [0.3, 0.4) is 0 Å². The third kappa shape index (κ3) is 2.38. The molecule has 0 N–H and O–H groups in total. The maximum Gasteiger partial charge on any atom is 0.0367 e. The van der Waals surface area contributed by atoms with Crippen LogP contribution in [0.2, 0.25) is 0 Å². The molecule has 0 bridgehead atoms. The molecule has 0 aromatic heterocycles. The van der Waals surface area contributed by atoms with E-state index in [-0.39, 0.29) is 0 Å². The summed E-state index contributed by atoms with van der Waals surface area (Å²) in [7, 11) is 0. The van der Waals surface area contributed by atoms with E-state index in [0.717, 1.165) is 12.6 Å². The van der Waals surface area contributed by atoms with Crippen molar-refractivity contribution in [3.63, 3.8) is 0 Å². The van der Waals surface area contributed by atoms with E-state index in [9.17, 15) is 0 Å². The molecule has 16 heavy (non-hydrogen) atoms. The first kappa shape index (κ1) is 11.5. The zero-order chi connectivity index (χ0) is 11.4. The van der Waals surface area contributed by atoms with E-state index < -0.39 is 0 Å². The first-order valence-corrected chi connectivity index (χ1v) is 6.39. The molecular weight excluding hydrogens is 196 g/mol. The maximum absolute atomic E-state index is 2.60. The van der Waals surface area contributed by atoms with Gasteiger partial charge in [0.15, 0.2) is 0 Å². The fourth-order valence-electron chi connectivity index (χ4n) is 2.57. The van der Waals surface area contributed by atoms with Crippen molar-refractivity contribution in [3.05, 3.63) is 30.3 Å². The highest BCUT2D eigenvalue weighted by Crippen LogP contribution is 2.19. The number of rotatable bonds is 3. The molecule has 0 aliphatic carbocycles. The number of hydrogen-bond donors (Lipinski definition) is 0. The van der Waals surface area contributed by atoms with Gasteiger partial charge >= 0.3 is 0 Å². The number of hydrogen-bond acceptors (Lipinski definition) is 2. The Morgan fingerprint density at radius 2 is 1.88 bits per heavy atom. The summed E-state index contributed by atoms with van der Waals surface area (Å²) >= 11 is 0. The number of anilines is 1. The quantitative estimate of drug-likeness (QED) is 0.769. The van der Waals surface area contributed by atoms with Crippen molar-refractivity contribution in [2.45, 2.75) is 26.3 Å². The molecule has 1 aliphatic rings. The van der Waals surface area contributed by atoms with Gasteiger partial charge in [0.25, 0.3) is 0 Å². The van der Waals surface area contributed by atoms with Crippen LogP contribution in [-0.2, 0) is 0 Å². The van der Waals surface area contributed by atoms with Crippen LogP contribution in [0, 0.1) is 0 Å². The van der Waals surface area contributed by atoms with E-state index in [1.807, 2.05) is 0 Å². The van der Waals surface area contributed by atoms with Crippen molar-refractivity contribution in [2.24, 2.45) is 0 Å². The number of likely N-dealkylation sites (N-methyl/N-ethyl adjacent to an activating group) is 1. The first-order chi connectivity index (χ1) is 7.85. The molecule has 1 aromatic rings. The molecule has 1 fully saturated rings. The Balaban J connectivity index is 2.05. The van der Waals surface area contributed by atoms with Crippen LogP contribution in [0.5, 0.6) is 0 Å². The Labute approximate surface area is 98.9 Å². The Morgan fingerprint density at radius 1 is 1.12 bits per heavy atom. The van der Waals surface area contributed by atoms with Gasteiger partial charge < -0.3 is 4.90 Å². The molecule has 0 amide bonds. The highest BCUT2D eigenvalue weighted by molar-refractivity contribution is 5.46. The zero-order valence-electron chi connectivity index (χ0n) is 10.4. The lowest BCUT2D eigenvalue weighted by molar-refractivity contribution is 0.181. The molecule has 2 rings (SSSR count). The van der Waals surface area contributed by atoms with Gasteiger partial charge in [-0.2, -0.15) is 0 Å². The van der Waals surface area contributed by atoms with Crippen molar-refractivity contribution in [3.8, 4) is 0 Å². The average molecular weight is 218 g/mol. The Bertz CT molecular complexity index is 310. The summed E-state index contributed by atoms with van der Waals surface area (Å²) in [6.45, 7) is 9.27. The van der Waals surface area contributed by atoms with Crippen LogP contribution in [0.4, 0.5) is 5.69 Å². The van der Waals surface area contributed by atoms with Crippen LogP contribution in [0.15, 0.2) is 30.3 Å². The number of nitrogens with zero attached hydrogens (tertiary/aromatic N) is 2. The van der Waals surface area contributed by atoms with Gasteiger partial charge in [-0.3, -0.25) is 4.90 Å². The summed E-state index contributed by atoms with van der Waals surface area (Å²) < 4.78 is 0. The smallest absolute Gasteiger partial charge is 0.0367 e. The van der Waals surface area contributed by atoms with Crippen molar-refractivity contribution >= 4 is 5.69 Å². The lowest BCUT2D eigenvalue weighted by atomic mass is 10.1. The van der Waals surface area contributed by atoms with Gasteiger partial charge in [-0.15, -0.1) is 0 Å². The molecule has 1 atom stereocenters. The fraction of sp³-hybridized carbons (Fsp3) is 0.571. The number of benzene rings is 1. The van der Waals surface area contributed by atoms with Gasteiger partial charge in [0.2, 0.25) is 0 Å². The minimum Gasteiger partial charge on any atom is -0.369 e. The lowest BCUT2D eigenvalue weighted by Gasteiger charge is -2.41. The van der Waals surface area contributed by atoms with Gasteiger partial charge in [0.05, 0.1) is 0 Å². The van der Waals surface area contributed by atoms with E-state index in [0.29, 0.717) is 0 Å². The Kier molecular flexibility index (Phi) is 3.83. The van der Waals surface area contributed by atoms with Gasteiger partial charge in [-0.05, 0) is 25.1 Å². The van der Waals surface area contributed by atoms with Crippen LogP contribution < -0.4 is 4.90 Å². The van der Waals surface area contributed by atoms with Crippen molar-refractivity contribution in [2.75, 3.05) is 31.1 Å². The van der Waals surface area contributed by atoms with Gasteiger partial charge in [-0.25, -0.2) is 0 Å². The zero-order valence-corrected chi connectivity index (χ0v) is 10.4. The van der Waals surface area contributed by atoms with Gasteiger partial charge in [0, 0.05) is 31.4 Å². The standard InChI is InChI=1S/C14H22N2/c1-3-13-12-16(11-10-15(13)4-2)14-8-6-5-7-9-14/h5-9,13H,3-4,10-12H2,1-2H3. The van der Waals surface area contributed by atoms with Crippen molar-refractivity contribution in [1.82, 2.24) is 4.90 Å². The van der Waals surface area contributed by atoms with Crippen LogP contribution >= 0.6 is 0 Å². The minimum absolute atomic E-state index is 0.721. The normalized spacial score (nSPS) is 22.4. The summed E-state index contributed by atoms with van der Waals surface area (Å²) in [5.41, 5.74) is 1.37. The highest BCUT2D eigenvalue weighted by Gasteiger charge is 2.24. The minimum atomic E-state index is 0.721. The first-order valence-electron chi connectivity index (χ1n) is 6.39. The molecule has 2 heteroatoms. The molecule has 0 saturated carbocycles. The molecule has 1 aromatic carbocycles. The molecule has 0 spiro atoms. The summed E-state index contributed by atoms with van der Waals surface area (Å²) in [4.78, 5) is 5.11. The SMILES string of the molecule is CCC1CN(c2ccccc2)CCN1CC. The summed E-state index contributed by atoms with van der Waals surface area (Å²) in [5.74, 6) is 0. The van der Waals surface area contributed by atoms with E-state index in [1.54, 1.807) is 0 Å². The van der Waals surface area contributed by atoms with Crippen LogP contribution in [0.25, 0.3) is 0 Å². The predicted octanol–water partition coefficient (Wildman–Crippen LogP) is 2.61. The molecule has 1 saturated heterocycles. The number of piperazine rings is 1. The second kappa shape index (κ2) is 5.35. The van der Waals surface area contributed by atoms with Crippen molar-refractivity contribution in [1.29, 1.82) is 0 Å². The summed E-state index contributed by atoms with van der Waals surface area (Å²) in [6, 6.07) is 11.5. The highest BCUT2D eigenvalue weighted by atomic mass is 15.3. The van der Waals surface area contributed by atoms with Crippen LogP contribution in [-0.4, -0.2) is 37.1 Å². The topological polar surface area (TPSA) is 6.48 Å². The Morgan fingerprint density at radius 3 is 2.50 bits per heavy atom. The van der Waals surface area contributed by atoms with Gasteiger partial charge in [0.1, 0.15) is 0 Å². The molecule has 0 radical (unpaired) electrons. The molecule has 2 nitrogen and oxygen atoms in total. The van der Waals surface area contributed by atoms with E-state index in [1.165, 1.54) is 31.7 Å². The lowest BCUT2D eigenvalue weighted by Crippen LogP contribution is -2.52. The summed E-state index contributed by atoms with van der Waals surface area (Å²) in [5, 5.41) is 0. The Hall–Kier alpha value is -1.02. The largest absolute Gasteiger partial charge is 0.369 e.